The van der Waals surface area contributed by atoms with Crippen LogP contribution in [0.3, 0.4) is 0 Å². The van der Waals surface area contributed by atoms with Crippen LogP contribution in [0.2, 0.25) is 0 Å². The molecule has 0 amide bonds. The molecule has 1 N–H and O–H groups in total. The molecule has 5 heteroatoms. The summed E-state index contributed by atoms with van der Waals surface area (Å²) in [5.41, 5.74) is 0. The van der Waals surface area contributed by atoms with Gasteiger partial charge < -0.3 is 14.2 Å². The molecule has 1 aromatic rings. The number of benzene rings is 1. The molecule has 78 valence electrons. The molecule has 0 fully saturated rings. The summed E-state index contributed by atoms with van der Waals surface area (Å²) in [5.74, 6) is 0.722. The first-order valence-corrected chi connectivity index (χ1v) is 6.23. The summed E-state index contributed by atoms with van der Waals surface area (Å²) < 4.78 is 20.6. The van der Waals surface area contributed by atoms with Crippen molar-refractivity contribution in [2.75, 3.05) is 19.9 Å². The summed E-state index contributed by atoms with van der Waals surface area (Å²) in [6.45, 7) is 1.52. The lowest BCUT2D eigenvalue weighted by Gasteiger charge is -2.08. The van der Waals surface area contributed by atoms with Crippen LogP contribution >= 0.6 is 7.60 Å². The van der Waals surface area contributed by atoms with Crippen LogP contribution in [-0.4, -0.2) is 24.8 Å². The minimum absolute atomic E-state index is 0.110. The molecular formula is C9H13O4P. The van der Waals surface area contributed by atoms with Crippen LogP contribution in [0.1, 0.15) is 0 Å². The molecule has 0 aromatic heterocycles. The molecule has 0 aliphatic heterocycles. The molecule has 1 aromatic carbocycles. The van der Waals surface area contributed by atoms with Crippen molar-refractivity contribution in [1.82, 2.24) is 0 Å². The van der Waals surface area contributed by atoms with Crippen LogP contribution < -0.4 is 4.74 Å². The fourth-order valence-corrected chi connectivity index (χ4v) is 1.30. The molecule has 1 unspecified atom stereocenters. The maximum atomic E-state index is 10.7. The van der Waals surface area contributed by atoms with Crippen LogP contribution in [0.25, 0.3) is 0 Å². The molecule has 14 heavy (non-hydrogen) atoms. The molecule has 0 spiro atoms. The maximum absolute atomic E-state index is 10.7. The highest BCUT2D eigenvalue weighted by Gasteiger charge is 2.08. The molecule has 0 bridgehead atoms. The normalized spacial score (nSPS) is 14.7. The van der Waals surface area contributed by atoms with Crippen molar-refractivity contribution in [2.45, 2.75) is 0 Å². The van der Waals surface area contributed by atoms with E-state index in [0.29, 0.717) is 0 Å². The fraction of sp³-hybridized carbons (Fsp3) is 0.333. The molecule has 0 radical (unpaired) electrons. The van der Waals surface area contributed by atoms with Gasteiger partial charge in [0.1, 0.15) is 12.4 Å². The zero-order valence-corrected chi connectivity index (χ0v) is 8.81. The minimum Gasteiger partial charge on any atom is -0.491 e. The van der Waals surface area contributed by atoms with Crippen molar-refractivity contribution < 1.29 is 18.7 Å². The highest BCUT2D eigenvalue weighted by atomic mass is 31.2. The highest BCUT2D eigenvalue weighted by Crippen LogP contribution is 2.35. The molecule has 0 saturated heterocycles. The molecule has 0 heterocycles. The summed E-state index contributed by atoms with van der Waals surface area (Å²) >= 11 is 0. The highest BCUT2D eigenvalue weighted by molar-refractivity contribution is 7.51. The van der Waals surface area contributed by atoms with E-state index in [4.69, 9.17) is 9.63 Å². The van der Waals surface area contributed by atoms with E-state index >= 15 is 0 Å². The maximum Gasteiger partial charge on any atom is 0.325 e. The van der Waals surface area contributed by atoms with E-state index in [1.165, 1.54) is 0 Å². The largest absolute Gasteiger partial charge is 0.491 e. The Hall–Kier alpha value is -0.830. The summed E-state index contributed by atoms with van der Waals surface area (Å²) in [6, 6.07) is 9.21. The van der Waals surface area contributed by atoms with Gasteiger partial charge in [-0.25, -0.2) is 0 Å². The van der Waals surface area contributed by atoms with Crippen molar-refractivity contribution in [2.24, 2.45) is 0 Å². The Kier molecular flexibility index (Phi) is 4.14. The summed E-state index contributed by atoms with van der Waals surface area (Å²) in [4.78, 5) is 8.79. The smallest absolute Gasteiger partial charge is 0.325 e. The Balaban J connectivity index is 2.20. The van der Waals surface area contributed by atoms with Crippen LogP contribution in [0, 0.1) is 0 Å². The van der Waals surface area contributed by atoms with Crippen LogP contribution in [-0.2, 0) is 9.09 Å². The monoisotopic (exact) mass is 216 g/mol. The molecule has 0 aliphatic carbocycles. The zero-order valence-electron chi connectivity index (χ0n) is 7.92. The van der Waals surface area contributed by atoms with E-state index in [1.54, 1.807) is 0 Å². The second-order valence-electron chi connectivity index (χ2n) is 2.80. The number of hydrogen-bond acceptors (Lipinski definition) is 3. The Morgan fingerprint density at radius 2 is 1.93 bits per heavy atom. The number of rotatable bonds is 5. The molecule has 4 nitrogen and oxygen atoms in total. The van der Waals surface area contributed by atoms with Crippen LogP contribution in [0.4, 0.5) is 0 Å². The minimum atomic E-state index is -3.37. The average Bonchev–Trinajstić information content (AvgIpc) is 2.13. The fourth-order valence-electron chi connectivity index (χ4n) is 0.883. The third-order valence-electron chi connectivity index (χ3n) is 1.43. The van der Waals surface area contributed by atoms with Gasteiger partial charge in [-0.1, -0.05) is 18.2 Å². The van der Waals surface area contributed by atoms with Gasteiger partial charge in [-0.3, -0.25) is 4.57 Å². The van der Waals surface area contributed by atoms with Crippen molar-refractivity contribution in [3.05, 3.63) is 30.3 Å². The van der Waals surface area contributed by atoms with Crippen molar-refractivity contribution in [1.29, 1.82) is 0 Å². The van der Waals surface area contributed by atoms with E-state index in [1.807, 2.05) is 30.3 Å². The van der Waals surface area contributed by atoms with E-state index < -0.39 is 7.60 Å². The number of hydrogen-bond donors (Lipinski definition) is 1. The van der Waals surface area contributed by atoms with Gasteiger partial charge in [0.05, 0.1) is 6.61 Å². The third-order valence-corrected chi connectivity index (χ3v) is 2.09. The Morgan fingerprint density at radius 3 is 2.50 bits per heavy atom. The van der Waals surface area contributed by atoms with E-state index in [2.05, 4.69) is 4.52 Å². The zero-order chi connectivity index (χ0) is 10.4. The lowest BCUT2D eigenvalue weighted by molar-refractivity contribution is 0.198. The standard InChI is InChI=1S/C9H13O4P/c1-14(10,11)13-8-7-12-9-5-3-2-4-6-9/h2-6H,7-8H2,1H3,(H,10,11). The van der Waals surface area contributed by atoms with Gasteiger partial charge in [0, 0.05) is 6.66 Å². The topological polar surface area (TPSA) is 55.8 Å². The van der Waals surface area contributed by atoms with Gasteiger partial charge in [-0.15, -0.1) is 0 Å². The van der Waals surface area contributed by atoms with Gasteiger partial charge in [-0.2, -0.15) is 0 Å². The number of para-hydroxylation sites is 1. The molecular weight excluding hydrogens is 203 g/mol. The van der Waals surface area contributed by atoms with Crippen LogP contribution in [0.5, 0.6) is 5.75 Å². The van der Waals surface area contributed by atoms with E-state index in [0.717, 1.165) is 12.4 Å². The molecule has 0 aliphatic rings. The predicted octanol–water partition coefficient (Wildman–Crippen LogP) is 1.90. The molecule has 1 atom stereocenters. The summed E-state index contributed by atoms with van der Waals surface area (Å²) in [6.07, 6.45) is 0. The first-order chi connectivity index (χ1) is 6.58. The summed E-state index contributed by atoms with van der Waals surface area (Å²) in [5, 5.41) is 0. The van der Waals surface area contributed by atoms with E-state index in [9.17, 15) is 4.57 Å². The van der Waals surface area contributed by atoms with Crippen molar-refractivity contribution in [3.63, 3.8) is 0 Å². The van der Waals surface area contributed by atoms with Crippen molar-refractivity contribution in [3.8, 4) is 5.75 Å². The van der Waals surface area contributed by atoms with Gasteiger partial charge >= 0.3 is 7.60 Å². The quantitative estimate of drug-likeness (QED) is 0.603. The van der Waals surface area contributed by atoms with Crippen LogP contribution in [0.15, 0.2) is 30.3 Å². The van der Waals surface area contributed by atoms with Gasteiger partial charge in [0.25, 0.3) is 0 Å². The van der Waals surface area contributed by atoms with Crippen molar-refractivity contribution >= 4 is 7.60 Å². The van der Waals surface area contributed by atoms with Gasteiger partial charge in [0.2, 0.25) is 0 Å². The SMILES string of the molecule is CP(=O)(O)OCCOc1ccccc1. The number of ether oxygens (including phenoxy) is 1. The Bertz CT molecular complexity index is 306. The van der Waals surface area contributed by atoms with E-state index in [-0.39, 0.29) is 13.2 Å². The molecule has 0 saturated carbocycles. The lowest BCUT2D eigenvalue weighted by atomic mass is 10.3. The average molecular weight is 216 g/mol. The summed E-state index contributed by atoms with van der Waals surface area (Å²) in [7, 11) is -3.37. The Morgan fingerprint density at radius 1 is 1.29 bits per heavy atom. The Labute approximate surface area is 83.0 Å². The molecule has 1 rings (SSSR count). The van der Waals surface area contributed by atoms with Gasteiger partial charge in [-0.05, 0) is 12.1 Å². The second kappa shape index (κ2) is 5.15. The third kappa shape index (κ3) is 5.02. The van der Waals surface area contributed by atoms with Gasteiger partial charge in [0.15, 0.2) is 0 Å². The predicted molar refractivity (Wildman–Crippen MR) is 53.6 cm³/mol. The first-order valence-electron chi connectivity index (χ1n) is 4.20. The second-order valence-corrected chi connectivity index (χ2v) is 4.66. The lowest BCUT2D eigenvalue weighted by Crippen LogP contribution is -2.04. The first kappa shape index (κ1) is 11.2.